The summed E-state index contributed by atoms with van der Waals surface area (Å²) in [6, 6.07) is 9.39. The van der Waals surface area contributed by atoms with Crippen LogP contribution in [0.25, 0.3) is 0 Å². The van der Waals surface area contributed by atoms with E-state index in [1.165, 1.54) is 0 Å². The Kier molecular flexibility index (Phi) is 5.11. The molecule has 0 aliphatic carbocycles. The molecule has 2 aromatic heterocycles. The van der Waals surface area contributed by atoms with Gasteiger partial charge < -0.3 is 5.32 Å². The second-order valence-corrected chi connectivity index (χ2v) is 6.63. The fourth-order valence-corrected chi connectivity index (χ4v) is 2.81. The smallest absolute Gasteiger partial charge is 0.247 e. The SMILES string of the molecule is Cc1cc(C)n(CC(=O)Nc2nn(Cc3ccc(Cl)cc3)cc2Cl)n1. The van der Waals surface area contributed by atoms with Gasteiger partial charge >= 0.3 is 0 Å². The summed E-state index contributed by atoms with van der Waals surface area (Å²) in [6.07, 6.45) is 1.68. The molecule has 2 heterocycles. The van der Waals surface area contributed by atoms with Crippen LogP contribution in [-0.2, 0) is 17.9 Å². The van der Waals surface area contributed by atoms with Crippen LogP contribution in [0.4, 0.5) is 5.82 Å². The fourth-order valence-electron chi connectivity index (χ4n) is 2.48. The van der Waals surface area contributed by atoms with E-state index < -0.39 is 0 Å². The van der Waals surface area contributed by atoms with Gasteiger partial charge in [0.1, 0.15) is 11.6 Å². The van der Waals surface area contributed by atoms with E-state index in [2.05, 4.69) is 15.5 Å². The molecule has 8 heteroatoms. The van der Waals surface area contributed by atoms with E-state index in [0.717, 1.165) is 17.0 Å². The molecule has 6 nitrogen and oxygen atoms in total. The molecule has 3 rings (SSSR count). The molecular formula is C17H17Cl2N5O. The molecule has 0 atom stereocenters. The molecule has 1 aromatic carbocycles. The number of hydrogen-bond donors (Lipinski definition) is 1. The summed E-state index contributed by atoms with van der Waals surface area (Å²) >= 11 is 12.1. The standard InChI is InChI=1S/C17H17Cl2N5O/c1-11-7-12(2)24(21-11)10-16(25)20-17-15(19)9-23(22-17)8-13-3-5-14(18)6-4-13/h3-7,9H,8,10H2,1-2H3,(H,20,22,25). The summed E-state index contributed by atoms with van der Waals surface area (Å²) in [5.41, 5.74) is 2.83. The molecule has 3 aromatic rings. The Labute approximate surface area is 155 Å². The summed E-state index contributed by atoms with van der Waals surface area (Å²) in [7, 11) is 0. The highest BCUT2D eigenvalue weighted by atomic mass is 35.5. The highest BCUT2D eigenvalue weighted by Crippen LogP contribution is 2.20. The van der Waals surface area contributed by atoms with Gasteiger partial charge in [0, 0.05) is 16.9 Å². The van der Waals surface area contributed by atoms with Gasteiger partial charge in [-0.3, -0.25) is 14.2 Å². The maximum atomic E-state index is 12.2. The van der Waals surface area contributed by atoms with Crippen molar-refractivity contribution in [3.63, 3.8) is 0 Å². The van der Waals surface area contributed by atoms with Gasteiger partial charge in [-0.05, 0) is 37.6 Å². The second-order valence-electron chi connectivity index (χ2n) is 5.78. The lowest BCUT2D eigenvalue weighted by Crippen LogP contribution is -2.20. The number of aryl methyl sites for hydroxylation is 2. The molecule has 1 amide bonds. The summed E-state index contributed by atoms with van der Waals surface area (Å²) in [5, 5.41) is 12.4. The normalized spacial score (nSPS) is 10.9. The number of benzene rings is 1. The van der Waals surface area contributed by atoms with Gasteiger partial charge in [-0.2, -0.15) is 10.2 Å². The minimum Gasteiger partial charge on any atom is -0.306 e. The zero-order valence-electron chi connectivity index (χ0n) is 13.8. The third-order valence-corrected chi connectivity index (χ3v) is 4.16. The third-order valence-electron chi connectivity index (χ3n) is 3.63. The molecule has 0 radical (unpaired) electrons. The number of amides is 1. The largest absolute Gasteiger partial charge is 0.306 e. The molecule has 0 bridgehead atoms. The lowest BCUT2D eigenvalue weighted by atomic mass is 10.2. The monoisotopic (exact) mass is 377 g/mol. The predicted octanol–water partition coefficient (Wildman–Crippen LogP) is 3.69. The molecule has 0 spiro atoms. The number of rotatable bonds is 5. The van der Waals surface area contributed by atoms with Crippen molar-refractivity contribution in [2.45, 2.75) is 26.9 Å². The first-order valence-electron chi connectivity index (χ1n) is 7.69. The van der Waals surface area contributed by atoms with E-state index in [9.17, 15) is 4.79 Å². The number of nitrogens with one attached hydrogen (secondary N) is 1. The summed E-state index contributed by atoms with van der Waals surface area (Å²) < 4.78 is 3.31. The van der Waals surface area contributed by atoms with Gasteiger partial charge in [-0.25, -0.2) is 0 Å². The number of nitrogens with zero attached hydrogens (tertiary/aromatic N) is 4. The number of hydrogen-bond acceptors (Lipinski definition) is 3. The van der Waals surface area contributed by atoms with Crippen LogP contribution in [-0.4, -0.2) is 25.5 Å². The maximum absolute atomic E-state index is 12.2. The van der Waals surface area contributed by atoms with E-state index in [4.69, 9.17) is 23.2 Å². The second kappa shape index (κ2) is 7.29. The van der Waals surface area contributed by atoms with Crippen LogP contribution in [0.3, 0.4) is 0 Å². The van der Waals surface area contributed by atoms with Crippen LogP contribution in [0.5, 0.6) is 0 Å². The van der Waals surface area contributed by atoms with Crippen molar-refractivity contribution in [1.82, 2.24) is 19.6 Å². The minimum atomic E-state index is -0.232. The van der Waals surface area contributed by atoms with E-state index in [1.807, 2.05) is 44.2 Å². The first kappa shape index (κ1) is 17.5. The summed E-state index contributed by atoms with van der Waals surface area (Å²) in [6.45, 7) is 4.43. The zero-order chi connectivity index (χ0) is 18.0. The predicted molar refractivity (Wildman–Crippen MR) is 98.1 cm³/mol. The first-order valence-corrected chi connectivity index (χ1v) is 8.44. The Bertz CT molecular complexity index is 898. The van der Waals surface area contributed by atoms with E-state index >= 15 is 0 Å². The van der Waals surface area contributed by atoms with Crippen molar-refractivity contribution in [3.8, 4) is 0 Å². The lowest BCUT2D eigenvalue weighted by molar-refractivity contribution is -0.117. The topological polar surface area (TPSA) is 64.7 Å². The van der Waals surface area contributed by atoms with Gasteiger partial charge in [0.25, 0.3) is 0 Å². The molecule has 1 N–H and O–H groups in total. The third kappa shape index (κ3) is 4.41. The molecule has 130 valence electrons. The summed E-state index contributed by atoms with van der Waals surface area (Å²) in [4.78, 5) is 12.2. The van der Waals surface area contributed by atoms with Crippen molar-refractivity contribution in [1.29, 1.82) is 0 Å². The van der Waals surface area contributed by atoms with Crippen molar-refractivity contribution in [2.75, 3.05) is 5.32 Å². The quantitative estimate of drug-likeness (QED) is 0.737. The molecular weight excluding hydrogens is 361 g/mol. The van der Waals surface area contributed by atoms with E-state index in [0.29, 0.717) is 22.4 Å². The average Bonchev–Trinajstić information content (AvgIpc) is 3.03. The van der Waals surface area contributed by atoms with Crippen molar-refractivity contribution in [2.24, 2.45) is 0 Å². The molecule has 0 saturated heterocycles. The van der Waals surface area contributed by atoms with Crippen LogP contribution < -0.4 is 5.32 Å². The fraction of sp³-hybridized carbons (Fsp3) is 0.235. The Hall–Kier alpha value is -2.31. The highest BCUT2D eigenvalue weighted by Gasteiger charge is 2.13. The van der Waals surface area contributed by atoms with Crippen LogP contribution in [0, 0.1) is 13.8 Å². The van der Waals surface area contributed by atoms with Gasteiger partial charge in [0.15, 0.2) is 5.82 Å². The molecule has 0 saturated carbocycles. The minimum absolute atomic E-state index is 0.111. The summed E-state index contributed by atoms with van der Waals surface area (Å²) in [5.74, 6) is 0.104. The highest BCUT2D eigenvalue weighted by molar-refractivity contribution is 6.33. The number of anilines is 1. The zero-order valence-corrected chi connectivity index (χ0v) is 15.3. The van der Waals surface area contributed by atoms with Gasteiger partial charge in [-0.15, -0.1) is 0 Å². The average molecular weight is 378 g/mol. The van der Waals surface area contributed by atoms with E-state index in [1.54, 1.807) is 15.6 Å². The Balaban J connectivity index is 1.66. The van der Waals surface area contributed by atoms with Crippen molar-refractivity contribution in [3.05, 3.63) is 63.5 Å². The Morgan fingerprint density at radius 1 is 1.16 bits per heavy atom. The molecule has 25 heavy (non-hydrogen) atoms. The van der Waals surface area contributed by atoms with Crippen molar-refractivity contribution < 1.29 is 4.79 Å². The van der Waals surface area contributed by atoms with Crippen LogP contribution in [0.2, 0.25) is 10.0 Å². The maximum Gasteiger partial charge on any atom is 0.247 e. The lowest BCUT2D eigenvalue weighted by Gasteiger charge is -2.05. The Morgan fingerprint density at radius 2 is 1.88 bits per heavy atom. The van der Waals surface area contributed by atoms with Gasteiger partial charge in [-0.1, -0.05) is 35.3 Å². The van der Waals surface area contributed by atoms with Crippen LogP contribution in [0.15, 0.2) is 36.5 Å². The van der Waals surface area contributed by atoms with E-state index in [-0.39, 0.29) is 12.5 Å². The number of carbonyl (C=O) groups excluding carboxylic acids is 1. The molecule has 0 fully saturated rings. The Morgan fingerprint density at radius 3 is 2.52 bits per heavy atom. The van der Waals surface area contributed by atoms with Crippen LogP contribution in [0.1, 0.15) is 17.0 Å². The molecule has 0 unspecified atom stereocenters. The number of halogens is 2. The van der Waals surface area contributed by atoms with Gasteiger partial charge in [0.2, 0.25) is 5.91 Å². The van der Waals surface area contributed by atoms with Gasteiger partial charge in [0.05, 0.1) is 12.2 Å². The molecule has 0 aliphatic heterocycles. The number of carbonyl (C=O) groups is 1. The number of aromatic nitrogens is 4. The van der Waals surface area contributed by atoms with Crippen LogP contribution >= 0.6 is 23.2 Å². The first-order chi connectivity index (χ1) is 11.9. The van der Waals surface area contributed by atoms with Crippen molar-refractivity contribution >= 4 is 34.9 Å². The molecule has 0 aliphatic rings.